The van der Waals surface area contributed by atoms with E-state index in [0.29, 0.717) is 5.92 Å². The van der Waals surface area contributed by atoms with Crippen molar-refractivity contribution >= 4 is 16.1 Å². The van der Waals surface area contributed by atoms with E-state index in [9.17, 15) is 13.2 Å². The van der Waals surface area contributed by atoms with Crippen molar-refractivity contribution in [1.82, 2.24) is 14.9 Å². The Morgan fingerprint density at radius 1 is 1.30 bits per heavy atom. The summed E-state index contributed by atoms with van der Waals surface area (Å²) in [6.07, 6.45) is 2.05. The van der Waals surface area contributed by atoms with Crippen LogP contribution >= 0.6 is 0 Å². The van der Waals surface area contributed by atoms with E-state index in [1.807, 2.05) is 17.9 Å². The van der Waals surface area contributed by atoms with Crippen LogP contribution in [0.3, 0.4) is 0 Å². The molecule has 0 radical (unpaired) electrons. The Morgan fingerprint density at radius 2 is 1.96 bits per heavy atom. The first-order valence-corrected chi connectivity index (χ1v) is 9.40. The molecule has 7 heteroatoms. The van der Waals surface area contributed by atoms with Gasteiger partial charge in [-0.15, -0.1) is 0 Å². The summed E-state index contributed by atoms with van der Waals surface area (Å²) in [6, 6.07) is 6.29. The second kappa shape index (κ2) is 7.31. The second-order valence-corrected chi connectivity index (χ2v) is 8.01. The Morgan fingerprint density at radius 3 is 2.57 bits per heavy atom. The van der Waals surface area contributed by atoms with Gasteiger partial charge >= 0.3 is 6.03 Å². The van der Waals surface area contributed by atoms with Crippen LogP contribution in [-0.4, -0.2) is 39.5 Å². The molecule has 2 N–H and O–H groups in total. The lowest BCUT2D eigenvalue weighted by molar-refractivity contribution is 0.171. The van der Waals surface area contributed by atoms with Crippen molar-refractivity contribution in [3.8, 4) is 0 Å². The molecule has 0 saturated carbocycles. The molecule has 1 aromatic carbocycles. The van der Waals surface area contributed by atoms with Gasteiger partial charge in [-0.05, 0) is 50.4 Å². The van der Waals surface area contributed by atoms with E-state index in [2.05, 4.69) is 17.0 Å². The van der Waals surface area contributed by atoms with E-state index in [4.69, 9.17) is 0 Å². The second-order valence-electron chi connectivity index (χ2n) is 6.12. The Balaban J connectivity index is 2.04. The zero-order valence-electron chi connectivity index (χ0n) is 13.9. The van der Waals surface area contributed by atoms with Crippen LogP contribution in [0.5, 0.6) is 0 Å². The van der Waals surface area contributed by atoms with Gasteiger partial charge in [-0.1, -0.05) is 19.1 Å². The molecule has 0 bridgehead atoms. The van der Waals surface area contributed by atoms with Gasteiger partial charge in [-0.3, -0.25) is 0 Å². The van der Waals surface area contributed by atoms with Gasteiger partial charge in [-0.2, -0.15) is 0 Å². The van der Waals surface area contributed by atoms with Crippen molar-refractivity contribution in [3.05, 3.63) is 29.8 Å². The molecule has 128 valence electrons. The normalized spacial score (nSPS) is 17.8. The van der Waals surface area contributed by atoms with Gasteiger partial charge in [-0.25, -0.2) is 17.9 Å². The number of piperidine rings is 1. The first-order chi connectivity index (χ1) is 10.8. The standard InChI is InChI=1S/C16H25N3O3S/c1-12-7-9-19(10-8-12)16(20)18-13(2)14-5-4-6-15(11-14)23(21,22)17-3/h4-6,11-13,17H,7-10H2,1-3H3,(H,18,20). The van der Waals surface area contributed by atoms with Gasteiger partial charge in [0.25, 0.3) is 0 Å². The van der Waals surface area contributed by atoms with E-state index < -0.39 is 10.0 Å². The molecule has 1 fully saturated rings. The molecule has 1 saturated heterocycles. The molecule has 0 aromatic heterocycles. The highest BCUT2D eigenvalue weighted by Gasteiger charge is 2.22. The smallest absolute Gasteiger partial charge is 0.317 e. The van der Waals surface area contributed by atoms with Crippen LogP contribution in [0.25, 0.3) is 0 Å². The number of hydrogen-bond donors (Lipinski definition) is 2. The predicted molar refractivity (Wildman–Crippen MR) is 89.6 cm³/mol. The van der Waals surface area contributed by atoms with Crippen LogP contribution in [-0.2, 0) is 10.0 Å². The third-order valence-electron chi connectivity index (χ3n) is 4.35. The van der Waals surface area contributed by atoms with Gasteiger partial charge in [0.05, 0.1) is 10.9 Å². The Labute approximate surface area is 138 Å². The predicted octanol–water partition coefficient (Wildman–Crippen LogP) is 2.10. The molecule has 1 aromatic rings. The number of benzene rings is 1. The highest BCUT2D eigenvalue weighted by atomic mass is 32.2. The lowest BCUT2D eigenvalue weighted by Gasteiger charge is -2.31. The van der Waals surface area contributed by atoms with Crippen molar-refractivity contribution < 1.29 is 13.2 Å². The summed E-state index contributed by atoms with van der Waals surface area (Å²) in [7, 11) is -2.10. The minimum absolute atomic E-state index is 0.0914. The number of carbonyl (C=O) groups excluding carboxylic acids is 1. The number of urea groups is 1. The Bertz CT molecular complexity index is 652. The third kappa shape index (κ3) is 4.45. The first-order valence-electron chi connectivity index (χ1n) is 7.92. The van der Waals surface area contributed by atoms with Crippen LogP contribution in [0.15, 0.2) is 29.2 Å². The number of hydrogen-bond acceptors (Lipinski definition) is 3. The number of nitrogens with zero attached hydrogens (tertiary/aromatic N) is 1. The summed E-state index contributed by atoms with van der Waals surface area (Å²) < 4.78 is 26.0. The van der Waals surface area contributed by atoms with Crippen molar-refractivity contribution in [2.75, 3.05) is 20.1 Å². The maximum atomic E-state index is 12.3. The lowest BCUT2D eigenvalue weighted by atomic mass is 9.99. The van der Waals surface area contributed by atoms with Gasteiger partial charge in [0, 0.05) is 13.1 Å². The molecule has 1 heterocycles. The molecule has 0 aliphatic carbocycles. The van der Waals surface area contributed by atoms with Gasteiger partial charge in [0.2, 0.25) is 10.0 Å². The summed E-state index contributed by atoms with van der Waals surface area (Å²) in [5.41, 5.74) is 0.764. The SMILES string of the molecule is CNS(=O)(=O)c1cccc(C(C)NC(=O)N2CCC(C)CC2)c1. The topological polar surface area (TPSA) is 78.5 Å². The monoisotopic (exact) mass is 339 g/mol. The zero-order chi connectivity index (χ0) is 17.0. The zero-order valence-corrected chi connectivity index (χ0v) is 14.7. The summed E-state index contributed by atoms with van der Waals surface area (Å²) in [5, 5.41) is 2.95. The number of carbonyl (C=O) groups is 1. The summed E-state index contributed by atoms with van der Waals surface area (Å²) >= 11 is 0. The molecule has 1 aliphatic heterocycles. The number of sulfonamides is 1. The van der Waals surface area contributed by atoms with E-state index in [1.54, 1.807) is 12.1 Å². The number of rotatable bonds is 4. The summed E-state index contributed by atoms with van der Waals surface area (Å²) in [6.45, 7) is 5.60. The Hall–Kier alpha value is -1.60. The van der Waals surface area contributed by atoms with E-state index in [0.717, 1.165) is 31.5 Å². The molecule has 2 amide bonds. The quantitative estimate of drug-likeness (QED) is 0.882. The average molecular weight is 339 g/mol. The first kappa shape index (κ1) is 17.7. The van der Waals surface area contributed by atoms with E-state index in [-0.39, 0.29) is 17.0 Å². The van der Waals surface area contributed by atoms with Crippen molar-refractivity contribution in [2.45, 2.75) is 37.6 Å². The van der Waals surface area contributed by atoms with E-state index in [1.165, 1.54) is 13.1 Å². The van der Waals surface area contributed by atoms with Gasteiger partial charge in [0.1, 0.15) is 0 Å². The van der Waals surface area contributed by atoms with Crippen molar-refractivity contribution in [3.63, 3.8) is 0 Å². The molecule has 23 heavy (non-hydrogen) atoms. The average Bonchev–Trinajstić information content (AvgIpc) is 2.55. The highest BCUT2D eigenvalue weighted by Crippen LogP contribution is 2.19. The maximum absolute atomic E-state index is 12.3. The minimum atomic E-state index is -3.48. The van der Waals surface area contributed by atoms with Crippen LogP contribution in [0, 0.1) is 5.92 Å². The third-order valence-corrected chi connectivity index (χ3v) is 5.76. The number of nitrogens with one attached hydrogen (secondary N) is 2. The molecule has 0 spiro atoms. The van der Waals surface area contributed by atoms with Crippen molar-refractivity contribution in [1.29, 1.82) is 0 Å². The van der Waals surface area contributed by atoms with Crippen LogP contribution < -0.4 is 10.0 Å². The fraction of sp³-hybridized carbons (Fsp3) is 0.562. The van der Waals surface area contributed by atoms with Gasteiger partial charge in [0.15, 0.2) is 0 Å². The fourth-order valence-corrected chi connectivity index (χ4v) is 3.43. The van der Waals surface area contributed by atoms with Crippen LogP contribution in [0.2, 0.25) is 0 Å². The molecule has 1 atom stereocenters. The minimum Gasteiger partial charge on any atom is -0.331 e. The summed E-state index contributed by atoms with van der Waals surface area (Å²) in [4.78, 5) is 14.3. The molecule has 6 nitrogen and oxygen atoms in total. The summed E-state index contributed by atoms with van der Waals surface area (Å²) in [5.74, 6) is 0.667. The molecular formula is C16H25N3O3S. The fourth-order valence-electron chi connectivity index (χ4n) is 2.64. The van der Waals surface area contributed by atoms with Crippen molar-refractivity contribution in [2.24, 2.45) is 5.92 Å². The van der Waals surface area contributed by atoms with Gasteiger partial charge < -0.3 is 10.2 Å². The molecule has 1 aliphatic rings. The molecule has 1 unspecified atom stereocenters. The van der Waals surface area contributed by atoms with E-state index >= 15 is 0 Å². The molecular weight excluding hydrogens is 314 g/mol. The number of amides is 2. The highest BCUT2D eigenvalue weighted by molar-refractivity contribution is 7.89. The lowest BCUT2D eigenvalue weighted by Crippen LogP contribution is -2.44. The number of likely N-dealkylation sites (tertiary alicyclic amines) is 1. The van der Waals surface area contributed by atoms with Crippen LogP contribution in [0.1, 0.15) is 38.3 Å². The maximum Gasteiger partial charge on any atom is 0.317 e. The van der Waals surface area contributed by atoms with Crippen LogP contribution in [0.4, 0.5) is 4.79 Å². The molecule has 2 rings (SSSR count). The Kier molecular flexibility index (Phi) is 5.64. The largest absolute Gasteiger partial charge is 0.331 e.